The van der Waals surface area contributed by atoms with Crippen molar-refractivity contribution >= 4 is 46.6 Å². The van der Waals surface area contributed by atoms with E-state index in [-0.39, 0.29) is 12.3 Å². The Morgan fingerprint density at radius 1 is 1.07 bits per heavy atom. The van der Waals surface area contributed by atoms with Gasteiger partial charge in [0.25, 0.3) is 0 Å². The minimum atomic E-state index is -0.491. The number of amides is 2. The Morgan fingerprint density at radius 2 is 1.90 bits per heavy atom. The van der Waals surface area contributed by atoms with Gasteiger partial charge in [0.1, 0.15) is 5.76 Å². The van der Waals surface area contributed by atoms with Crippen molar-refractivity contribution in [2.45, 2.75) is 19.8 Å². The van der Waals surface area contributed by atoms with E-state index in [2.05, 4.69) is 21.7 Å². The molecule has 5 rings (SSSR count). The minimum absolute atomic E-state index is 0.0393. The van der Waals surface area contributed by atoms with Crippen molar-refractivity contribution in [3.8, 4) is 0 Å². The first-order chi connectivity index (χ1) is 19.5. The topological polar surface area (TPSA) is 114 Å². The van der Waals surface area contributed by atoms with Gasteiger partial charge in [-0.15, -0.1) is 0 Å². The summed E-state index contributed by atoms with van der Waals surface area (Å²) in [7, 11) is 1.31. The number of carbonyl (C=O) groups excluding carboxylic acids is 3. The van der Waals surface area contributed by atoms with Crippen LogP contribution < -0.4 is 15.5 Å². The molecule has 0 saturated heterocycles. The van der Waals surface area contributed by atoms with Gasteiger partial charge < -0.3 is 24.7 Å². The Kier molecular flexibility index (Phi) is 7.72. The molecule has 3 aromatic carbocycles. The fraction of sp³-hybridized carbons (Fsp3) is 0.161. The summed E-state index contributed by atoms with van der Waals surface area (Å²) in [4.78, 5) is 42.1. The SMILES string of the molecule is COC(=O)c1ccc(/C(C)=C(/Nc2ccc3c(c2)CCN3C(=O)Cc2cnco2)c2ccccc2)c(NC=O)c1. The van der Waals surface area contributed by atoms with Crippen LogP contribution in [0.3, 0.4) is 0 Å². The van der Waals surface area contributed by atoms with E-state index in [0.717, 1.165) is 45.8 Å². The molecule has 0 unspecified atom stereocenters. The molecule has 0 aliphatic carbocycles. The highest BCUT2D eigenvalue weighted by molar-refractivity contribution is 6.01. The fourth-order valence-electron chi connectivity index (χ4n) is 4.88. The largest absolute Gasteiger partial charge is 0.465 e. The Labute approximate surface area is 231 Å². The lowest BCUT2D eigenvalue weighted by atomic mass is 9.97. The van der Waals surface area contributed by atoms with Crippen LogP contribution in [-0.4, -0.2) is 36.9 Å². The molecule has 2 heterocycles. The van der Waals surface area contributed by atoms with E-state index in [9.17, 15) is 14.4 Å². The number of aromatic nitrogens is 1. The number of fused-ring (bicyclic) bond motifs is 1. The van der Waals surface area contributed by atoms with Crippen molar-refractivity contribution in [1.82, 2.24) is 4.98 Å². The smallest absolute Gasteiger partial charge is 0.337 e. The van der Waals surface area contributed by atoms with Crippen LogP contribution in [0.25, 0.3) is 11.3 Å². The summed E-state index contributed by atoms with van der Waals surface area (Å²) in [6.45, 7) is 2.55. The number of oxazole rings is 1. The van der Waals surface area contributed by atoms with Crippen LogP contribution in [0.1, 0.15) is 39.7 Å². The standard InChI is InChI=1S/C31H28N4O5/c1-20(26-10-8-23(31(38)39-2)15-27(26)33-18-36)30(21-6-4-3-5-7-21)34-24-9-11-28-22(14-24)12-13-35(28)29(37)16-25-17-32-19-40-25/h3-11,14-15,17-19,34H,12-13,16H2,1-2H3,(H,33,36)/b30-20+. The highest BCUT2D eigenvalue weighted by Gasteiger charge is 2.26. The van der Waals surface area contributed by atoms with Crippen LogP contribution in [0.5, 0.6) is 0 Å². The maximum absolute atomic E-state index is 12.9. The van der Waals surface area contributed by atoms with E-state index < -0.39 is 5.97 Å². The summed E-state index contributed by atoms with van der Waals surface area (Å²) >= 11 is 0. The maximum atomic E-state index is 12.9. The average molecular weight is 537 g/mol. The van der Waals surface area contributed by atoms with Gasteiger partial charge in [-0.1, -0.05) is 36.4 Å². The Morgan fingerprint density at radius 3 is 2.62 bits per heavy atom. The van der Waals surface area contributed by atoms with E-state index in [1.54, 1.807) is 29.3 Å². The molecular formula is C31H28N4O5. The second-order valence-corrected chi connectivity index (χ2v) is 9.29. The van der Waals surface area contributed by atoms with E-state index in [4.69, 9.17) is 9.15 Å². The molecule has 9 nitrogen and oxygen atoms in total. The van der Waals surface area contributed by atoms with Crippen molar-refractivity contribution in [2.75, 3.05) is 29.2 Å². The lowest BCUT2D eigenvalue weighted by molar-refractivity contribution is -0.118. The molecule has 0 atom stereocenters. The third-order valence-electron chi connectivity index (χ3n) is 6.85. The maximum Gasteiger partial charge on any atom is 0.337 e. The van der Waals surface area contributed by atoms with Gasteiger partial charge in [-0.25, -0.2) is 9.78 Å². The van der Waals surface area contributed by atoms with Gasteiger partial charge in [0.15, 0.2) is 6.39 Å². The molecule has 202 valence electrons. The number of ether oxygens (including phenoxy) is 1. The Bertz CT molecular complexity index is 1580. The molecule has 0 fully saturated rings. The zero-order chi connectivity index (χ0) is 28.1. The number of rotatable bonds is 9. The number of hydrogen-bond donors (Lipinski definition) is 2. The molecule has 1 aliphatic rings. The number of allylic oxidation sites excluding steroid dienone is 1. The highest BCUT2D eigenvalue weighted by Crippen LogP contribution is 2.35. The summed E-state index contributed by atoms with van der Waals surface area (Å²) < 4.78 is 10.1. The van der Waals surface area contributed by atoms with Gasteiger partial charge >= 0.3 is 5.97 Å². The Balaban J connectivity index is 1.49. The van der Waals surface area contributed by atoms with Gasteiger partial charge in [0, 0.05) is 34.9 Å². The molecule has 2 amide bonds. The van der Waals surface area contributed by atoms with Gasteiger partial charge in [0.05, 0.1) is 25.3 Å². The van der Waals surface area contributed by atoms with Crippen LogP contribution in [-0.2, 0) is 27.2 Å². The number of benzene rings is 3. The number of methoxy groups -OCH3 is 1. The highest BCUT2D eigenvalue weighted by atomic mass is 16.5. The van der Waals surface area contributed by atoms with Crippen molar-refractivity contribution in [2.24, 2.45) is 0 Å². The normalized spacial score (nSPS) is 12.8. The van der Waals surface area contributed by atoms with Gasteiger partial charge in [-0.3, -0.25) is 9.59 Å². The third kappa shape index (κ3) is 5.49. The first-order valence-electron chi connectivity index (χ1n) is 12.8. The minimum Gasteiger partial charge on any atom is -0.465 e. The van der Waals surface area contributed by atoms with Gasteiger partial charge in [0.2, 0.25) is 12.3 Å². The van der Waals surface area contributed by atoms with E-state index >= 15 is 0 Å². The molecular weight excluding hydrogens is 508 g/mol. The molecule has 2 N–H and O–H groups in total. The van der Waals surface area contributed by atoms with Crippen LogP contribution in [0.15, 0.2) is 83.7 Å². The molecule has 40 heavy (non-hydrogen) atoms. The Hall–Kier alpha value is -5.18. The molecule has 4 aromatic rings. The molecule has 0 radical (unpaired) electrons. The van der Waals surface area contributed by atoms with Crippen LogP contribution >= 0.6 is 0 Å². The van der Waals surface area contributed by atoms with Crippen molar-refractivity contribution in [3.05, 3.63) is 107 Å². The van der Waals surface area contributed by atoms with Gasteiger partial charge in [-0.2, -0.15) is 0 Å². The lowest BCUT2D eigenvalue weighted by Crippen LogP contribution is -2.30. The van der Waals surface area contributed by atoms with Crippen LogP contribution in [0.4, 0.5) is 17.1 Å². The number of hydrogen-bond acceptors (Lipinski definition) is 7. The summed E-state index contributed by atoms with van der Waals surface area (Å²) in [6, 6.07) is 20.9. The first-order valence-corrected chi connectivity index (χ1v) is 12.8. The van der Waals surface area contributed by atoms with E-state index in [0.29, 0.717) is 30.0 Å². The van der Waals surface area contributed by atoms with Crippen molar-refractivity contribution in [1.29, 1.82) is 0 Å². The molecule has 0 saturated carbocycles. The molecule has 9 heteroatoms. The zero-order valence-electron chi connectivity index (χ0n) is 22.1. The molecule has 0 bridgehead atoms. The van der Waals surface area contributed by atoms with Crippen molar-refractivity contribution < 1.29 is 23.5 Å². The van der Waals surface area contributed by atoms with E-state index in [1.165, 1.54) is 13.5 Å². The van der Waals surface area contributed by atoms with Crippen LogP contribution in [0.2, 0.25) is 0 Å². The van der Waals surface area contributed by atoms with E-state index in [1.807, 2.05) is 49.4 Å². The summed E-state index contributed by atoms with van der Waals surface area (Å²) in [5.41, 5.74) is 7.00. The quantitative estimate of drug-likeness (QED) is 0.173. The van der Waals surface area contributed by atoms with Crippen LogP contribution in [0, 0.1) is 0 Å². The lowest BCUT2D eigenvalue weighted by Gasteiger charge is -2.20. The molecule has 0 spiro atoms. The second-order valence-electron chi connectivity index (χ2n) is 9.29. The monoisotopic (exact) mass is 536 g/mol. The van der Waals surface area contributed by atoms with Crippen molar-refractivity contribution in [3.63, 3.8) is 0 Å². The summed E-state index contributed by atoms with van der Waals surface area (Å²) in [5, 5.41) is 6.28. The molecule has 1 aromatic heterocycles. The predicted octanol–water partition coefficient (Wildman–Crippen LogP) is 5.16. The molecule has 1 aliphatic heterocycles. The number of anilines is 3. The fourth-order valence-corrected chi connectivity index (χ4v) is 4.88. The second kappa shape index (κ2) is 11.7. The number of nitrogens with one attached hydrogen (secondary N) is 2. The number of nitrogens with zero attached hydrogens (tertiary/aromatic N) is 2. The summed E-state index contributed by atoms with van der Waals surface area (Å²) in [6.07, 6.45) is 4.35. The predicted molar refractivity (Wildman–Crippen MR) is 153 cm³/mol. The third-order valence-corrected chi connectivity index (χ3v) is 6.85. The first kappa shape index (κ1) is 26.4. The number of esters is 1. The average Bonchev–Trinajstić information content (AvgIpc) is 3.65. The van der Waals surface area contributed by atoms with Gasteiger partial charge in [-0.05, 0) is 60.4 Å². The zero-order valence-corrected chi connectivity index (χ0v) is 22.1. The summed E-state index contributed by atoms with van der Waals surface area (Å²) in [5.74, 6) is 0.00507. The number of carbonyl (C=O) groups is 3.